The Bertz CT molecular complexity index is 190. The number of hydrogen-bond donors (Lipinski definition) is 1. The Hall–Kier alpha value is -0.290. The molecule has 0 bridgehead atoms. The zero-order valence-corrected chi connectivity index (χ0v) is 9.65. The van der Waals surface area contributed by atoms with Crippen molar-refractivity contribution in [3.63, 3.8) is 0 Å². The van der Waals surface area contributed by atoms with E-state index in [0.29, 0.717) is 13.2 Å². The fourth-order valence-corrected chi connectivity index (χ4v) is 2.17. The van der Waals surface area contributed by atoms with Crippen LogP contribution < -0.4 is 5.32 Å². The summed E-state index contributed by atoms with van der Waals surface area (Å²) in [5.41, 5.74) is 0. The molecule has 0 saturated carbocycles. The molecule has 1 aliphatic heterocycles. The Morgan fingerprint density at radius 1 is 1.44 bits per heavy atom. The maximum Gasteiger partial charge on any atom is 0.389 e. The topological polar surface area (TPSA) is 21.3 Å². The number of halogens is 3. The second kappa shape index (κ2) is 6.45. The van der Waals surface area contributed by atoms with Gasteiger partial charge in [0.2, 0.25) is 0 Å². The van der Waals surface area contributed by atoms with E-state index >= 15 is 0 Å². The van der Waals surface area contributed by atoms with Gasteiger partial charge in [0.15, 0.2) is 0 Å². The molecular weight excluding hydrogens is 219 g/mol. The van der Waals surface area contributed by atoms with Crippen molar-refractivity contribution >= 4 is 0 Å². The molecule has 2 nitrogen and oxygen atoms in total. The summed E-state index contributed by atoms with van der Waals surface area (Å²) in [6.07, 6.45) is -2.68. The van der Waals surface area contributed by atoms with Crippen LogP contribution in [0.5, 0.6) is 0 Å². The van der Waals surface area contributed by atoms with Crippen LogP contribution in [0.2, 0.25) is 0 Å². The smallest absolute Gasteiger partial charge is 0.381 e. The Balaban J connectivity index is 2.39. The molecule has 2 unspecified atom stereocenters. The SMILES string of the molecule is CCNC(CCC(F)(F)F)C1CCCOC1. The van der Waals surface area contributed by atoms with E-state index < -0.39 is 12.6 Å². The monoisotopic (exact) mass is 239 g/mol. The van der Waals surface area contributed by atoms with Crippen LogP contribution in [0.25, 0.3) is 0 Å². The highest BCUT2D eigenvalue weighted by Crippen LogP contribution is 2.26. The van der Waals surface area contributed by atoms with Crippen molar-refractivity contribution in [2.75, 3.05) is 19.8 Å². The molecule has 5 heteroatoms. The van der Waals surface area contributed by atoms with Gasteiger partial charge in [-0.2, -0.15) is 13.2 Å². The average molecular weight is 239 g/mol. The number of ether oxygens (including phenoxy) is 1. The van der Waals surface area contributed by atoms with Crippen LogP contribution in [0.1, 0.15) is 32.6 Å². The average Bonchev–Trinajstić information content (AvgIpc) is 2.24. The third-order valence-corrected chi connectivity index (χ3v) is 2.97. The quantitative estimate of drug-likeness (QED) is 0.796. The van der Waals surface area contributed by atoms with Gasteiger partial charge in [0, 0.05) is 19.1 Å². The molecule has 0 aromatic rings. The number of hydrogen-bond acceptors (Lipinski definition) is 2. The normalized spacial score (nSPS) is 24.4. The molecule has 96 valence electrons. The van der Waals surface area contributed by atoms with Gasteiger partial charge in [-0.3, -0.25) is 0 Å². The van der Waals surface area contributed by atoms with Gasteiger partial charge in [-0.25, -0.2) is 0 Å². The van der Waals surface area contributed by atoms with Gasteiger partial charge in [-0.15, -0.1) is 0 Å². The molecule has 0 aliphatic carbocycles. The van der Waals surface area contributed by atoms with E-state index in [1.807, 2.05) is 6.92 Å². The molecule has 1 rings (SSSR count). The van der Waals surface area contributed by atoms with Crippen molar-refractivity contribution in [2.45, 2.75) is 44.8 Å². The predicted molar refractivity (Wildman–Crippen MR) is 56.3 cm³/mol. The summed E-state index contributed by atoms with van der Waals surface area (Å²) in [4.78, 5) is 0. The summed E-state index contributed by atoms with van der Waals surface area (Å²) in [6, 6.07) is -0.0630. The van der Waals surface area contributed by atoms with Crippen LogP contribution in [0.15, 0.2) is 0 Å². The summed E-state index contributed by atoms with van der Waals surface area (Å²) in [5, 5.41) is 3.14. The maximum absolute atomic E-state index is 12.2. The standard InChI is InChI=1S/C11H20F3NO/c1-2-15-10(5-6-11(12,13)14)9-4-3-7-16-8-9/h9-10,15H,2-8H2,1H3. The lowest BCUT2D eigenvalue weighted by Gasteiger charge is -2.31. The van der Waals surface area contributed by atoms with E-state index in [-0.39, 0.29) is 18.4 Å². The first-order chi connectivity index (χ1) is 7.53. The fraction of sp³-hybridized carbons (Fsp3) is 1.00. The Morgan fingerprint density at radius 3 is 2.69 bits per heavy atom. The minimum Gasteiger partial charge on any atom is -0.381 e. The largest absolute Gasteiger partial charge is 0.389 e. The zero-order valence-electron chi connectivity index (χ0n) is 9.65. The summed E-state index contributed by atoms with van der Waals surface area (Å²) >= 11 is 0. The molecule has 0 radical (unpaired) electrons. The van der Waals surface area contributed by atoms with E-state index in [2.05, 4.69) is 5.32 Å². The van der Waals surface area contributed by atoms with Gasteiger partial charge >= 0.3 is 6.18 Å². The molecule has 1 aliphatic rings. The second-order valence-electron chi connectivity index (χ2n) is 4.30. The highest BCUT2D eigenvalue weighted by molar-refractivity contribution is 4.79. The summed E-state index contributed by atoms with van der Waals surface area (Å²) in [7, 11) is 0. The molecule has 0 aromatic heterocycles. The Morgan fingerprint density at radius 2 is 2.19 bits per heavy atom. The first-order valence-electron chi connectivity index (χ1n) is 5.91. The predicted octanol–water partition coefficient (Wildman–Crippen LogP) is 2.73. The lowest BCUT2D eigenvalue weighted by molar-refractivity contribution is -0.138. The van der Waals surface area contributed by atoms with Crippen LogP contribution in [0.4, 0.5) is 13.2 Å². The number of rotatable bonds is 5. The van der Waals surface area contributed by atoms with Crippen molar-refractivity contribution in [1.82, 2.24) is 5.32 Å². The van der Waals surface area contributed by atoms with Crippen molar-refractivity contribution in [3.05, 3.63) is 0 Å². The molecule has 16 heavy (non-hydrogen) atoms. The highest BCUT2D eigenvalue weighted by atomic mass is 19.4. The molecule has 1 N–H and O–H groups in total. The van der Waals surface area contributed by atoms with Crippen LogP contribution in [0.3, 0.4) is 0 Å². The van der Waals surface area contributed by atoms with Crippen molar-refractivity contribution in [1.29, 1.82) is 0 Å². The van der Waals surface area contributed by atoms with Gasteiger partial charge in [-0.1, -0.05) is 6.92 Å². The highest BCUT2D eigenvalue weighted by Gasteiger charge is 2.31. The van der Waals surface area contributed by atoms with Gasteiger partial charge in [0.05, 0.1) is 6.61 Å². The molecule has 2 atom stereocenters. The lowest BCUT2D eigenvalue weighted by Crippen LogP contribution is -2.40. The minimum absolute atomic E-state index is 0.0630. The molecule has 0 amide bonds. The number of alkyl halides is 3. The summed E-state index contributed by atoms with van der Waals surface area (Å²) < 4.78 is 41.8. The molecular formula is C11H20F3NO. The summed E-state index contributed by atoms with van der Waals surface area (Å²) in [5.74, 6) is 0.232. The van der Waals surface area contributed by atoms with E-state index in [1.54, 1.807) is 0 Å². The molecule has 0 aromatic carbocycles. The van der Waals surface area contributed by atoms with Gasteiger partial charge in [0.1, 0.15) is 0 Å². The summed E-state index contributed by atoms with van der Waals surface area (Å²) in [6.45, 7) is 3.97. The molecule has 1 fully saturated rings. The van der Waals surface area contributed by atoms with E-state index in [9.17, 15) is 13.2 Å². The zero-order chi connectivity index (χ0) is 12.0. The van der Waals surface area contributed by atoms with Crippen LogP contribution in [-0.4, -0.2) is 32.0 Å². The van der Waals surface area contributed by atoms with Gasteiger partial charge < -0.3 is 10.1 Å². The molecule has 1 saturated heterocycles. The molecule has 0 spiro atoms. The third kappa shape index (κ3) is 5.16. The molecule has 1 heterocycles. The van der Waals surface area contributed by atoms with E-state index in [0.717, 1.165) is 19.4 Å². The van der Waals surface area contributed by atoms with Crippen molar-refractivity contribution in [2.24, 2.45) is 5.92 Å². The Kier molecular flexibility index (Phi) is 5.55. The van der Waals surface area contributed by atoms with Crippen LogP contribution >= 0.6 is 0 Å². The third-order valence-electron chi connectivity index (χ3n) is 2.97. The first kappa shape index (κ1) is 13.8. The van der Waals surface area contributed by atoms with E-state index in [4.69, 9.17) is 4.74 Å². The van der Waals surface area contributed by atoms with E-state index in [1.165, 1.54) is 0 Å². The maximum atomic E-state index is 12.2. The fourth-order valence-electron chi connectivity index (χ4n) is 2.17. The minimum atomic E-state index is -4.05. The van der Waals surface area contributed by atoms with Gasteiger partial charge in [-0.05, 0) is 31.7 Å². The van der Waals surface area contributed by atoms with Crippen molar-refractivity contribution in [3.8, 4) is 0 Å². The Labute approximate surface area is 94.5 Å². The van der Waals surface area contributed by atoms with Crippen LogP contribution in [0, 0.1) is 5.92 Å². The van der Waals surface area contributed by atoms with Gasteiger partial charge in [0.25, 0.3) is 0 Å². The van der Waals surface area contributed by atoms with Crippen molar-refractivity contribution < 1.29 is 17.9 Å². The van der Waals surface area contributed by atoms with Crippen LogP contribution in [-0.2, 0) is 4.74 Å². The lowest BCUT2D eigenvalue weighted by atomic mass is 9.90. The second-order valence-corrected chi connectivity index (χ2v) is 4.30. The number of nitrogens with one attached hydrogen (secondary N) is 1. The first-order valence-corrected chi connectivity index (χ1v) is 5.91.